The molecule has 0 radical (unpaired) electrons. The molecule has 6 heteroatoms. The number of nitrogens with zero attached hydrogens (tertiary/aromatic N) is 4. The third kappa shape index (κ3) is 2.48. The molecule has 0 aliphatic heterocycles. The zero-order chi connectivity index (χ0) is 15.0. The molecule has 3 aromatic rings. The van der Waals surface area contributed by atoms with Gasteiger partial charge in [0.2, 0.25) is 0 Å². The highest BCUT2D eigenvalue weighted by Crippen LogP contribution is 2.28. The highest BCUT2D eigenvalue weighted by molar-refractivity contribution is 6.32. The average Bonchev–Trinajstić information content (AvgIpc) is 2.93. The molecule has 0 aliphatic carbocycles. The van der Waals surface area contributed by atoms with Crippen molar-refractivity contribution in [1.29, 1.82) is 0 Å². The molecule has 0 aliphatic rings. The number of rotatable bonds is 2. The SMILES string of the molecule is Cc1ccc(Cl)c(-n2nnnc2-c2cc(N)ccc2C)c1. The summed E-state index contributed by atoms with van der Waals surface area (Å²) in [6.07, 6.45) is 0. The lowest BCUT2D eigenvalue weighted by molar-refractivity contribution is 0.790. The van der Waals surface area contributed by atoms with Gasteiger partial charge in [0.05, 0.1) is 10.7 Å². The maximum atomic E-state index is 6.28. The van der Waals surface area contributed by atoms with Crippen LogP contribution >= 0.6 is 11.6 Å². The molecular formula is C15H14ClN5. The molecule has 3 rings (SSSR count). The van der Waals surface area contributed by atoms with Gasteiger partial charge >= 0.3 is 0 Å². The van der Waals surface area contributed by atoms with Crippen molar-refractivity contribution in [2.24, 2.45) is 0 Å². The van der Waals surface area contributed by atoms with Crippen molar-refractivity contribution in [3.05, 3.63) is 52.5 Å². The van der Waals surface area contributed by atoms with Crippen molar-refractivity contribution >= 4 is 17.3 Å². The van der Waals surface area contributed by atoms with Crippen molar-refractivity contribution in [2.45, 2.75) is 13.8 Å². The molecule has 21 heavy (non-hydrogen) atoms. The first-order valence-electron chi connectivity index (χ1n) is 6.47. The molecule has 0 bridgehead atoms. The number of hydrogen-bond acceptors (Lipinski definition) is 4. The fraction of sp³-hybridized carbons (Fsp3) is 0.133. The molecule has 0 saturated heterocycles. The first-order chi connectivity index (χ1) is 10.1. The average molecular weight is 300 g/mol. The Bertz CT molecular complexity index is 744. The smallest absolute Gasteiger partial charge is 0.187 e. The first kappa shape index (κ1) is 13.6. The lowest BCUT2D eigenvalue weighted by Crippen LogP contribution is -2.02. The van der Waals surface area contributed by atoms with E-state index >= 15 is 0 Å². The summed E-state index contributed by atoms with van der Waals surface area (Å²) in [6, 6.07) is 11.4. The molecule has 2 aromatic carbocycles. The van der Waals surface area contributed by atoms with Gasteiger partial charge in [-0.1, -0.05) is 23.7 Å². The molecule has 0 atom stereocenters. The molecule has 5 nitrogen and oxygen atoms in total. The van der Waals surface area contributed by atoms with Crippen LogP contribution in [0.5, 0.6) is 0 Å². The van der Waals surface area contributed by atoms with E-state index in [1.165, 1.54) is 0 Å². The zero-order valence-corrected chi connectivity index (χ0v) is 12.5. The number of nitrogens with two attached hydrogens (primary N) is 1. The number of halogens is 1. The standard InChI is InChI=1S/C15H14ClN5/c1-9-3-6-13(16)14(7-9)21-15(18-19-20-21)12-8-11(17)5-4-10(12)2/h3-8H,17H2,1-2H3. The van der Waals surface area contributed by atoms with Crippen molar-refractivity contribution in [3.63, 3.8) is 0 Å². The second-order valence-electron chi connectivity index (χ2n) is 4.94. The maximum absolute atomic E-state index is 6.28. The summed E-state index contributed by atoms with van der Waals surface area (Å²) >= 11 is 6.28. The predicted molar refractivity (Wildman–Crippen MR) is 83.5 cm³/mol. The van der Waals surface area contributed by atoms with Gasteiger partial charge in [-0.2, -0.15) is 4.68 Å². The van der Waals surface area contributed by atoms with Gasteiger partial charge in [0.15, 0.2) is 5.82 Å². The number of aromatic nitrogens is 4. The number of tetrazole rings is 1. The van der Waals surface area contributed by atoms with Crippen LogP contribution in [0.15, 0.2) is 36.4 Å². The molecule has 2 N–H and O–H groups in total. The van der Waals surface area contributed by atoms with Gasteiger partial charge in [-0.25, -0.2) is 0 Å². The van der Waals surface area contributed by atoms with Gasteiger partial charge < -0.3 is 5.73 Å². The highest BCUT2D eigenvalue weighted by Gasteiger charge is 2.15. The van der Waals surface area contributed by atoms with Crippen molar-refractivity contribution in [2.75, 3.05) is 5.73 Å². The fourth-order valence-electron chi connectivity index (χ4n) is 2.18. The summed E-state index contributed by atoms with van der Waals surface area (Å²) in [4.78, 5) is 0. The second kappa shape index (κ2) is 5.18. The van der Waals surface area contributed by atoms with Gasteiger partial charge in [-0.15, -0.1) is 5.10 Å². The van der Waals surface area contributed by atoms with Crippen molar-refractivity contribution in [3.8, 4) is 17.1 Å². The lowest BCUT2D eigenvalue weighted by Gasteiger charge is -2.10. The number of benzene rings is 2. The fourth-order valence-corrected chi connectivity index (χ4v) is 2.38. The minimum absolute atomic E-state index is 0.593. The van der Waals surface area contributed by atoms with Crippen LogP contribution in [0.1, 0.15) is 11.1 Å². The molecule has 0 fully saturated rings. The Morgan fingerprint density at radius 3 is 2.71 bits per heavy atom. The maximum Gasteiger partial charge on any atom is 0.187 e. The Balaban J connectivity index is 2.22. The molecule has 1 aromatic heterocycles. The van der Waals surface area contributed by atoms with Crippen molar-refractivity contribution in [1.82, 2.24) is 20.2 Å². The van der Waals surface area contributed by atoms with Crippen molar-refractivity contribution < 1.29 is 0 Å². The van der Waals surface area contributed by atoms with Crippen LogP contribution in [0.2, 0.25) is 5.02 Å². The molecule has 0 saturated carbocycles. The van der Waals surface area contributed by atoms with Crippen LogP contribution in [-0.4, -0.2) is 20.2 Å². The van der Waals surface area contributed by atoms with E-state index in [4.69, 9.17) is 17.3 Å². The van der Waals surface area contributed by atoms with E-state index in [0.29, 0.717) is 16.5 Å². The third-order valence-corrected chi connectivity index (χ3v) is 3.62. The summed E-state index contributed by atoms with van der Waals surface area (Å²) in [7, 11) is 0. The Labute approximate surface area is 127 Å². The summed E-state index contributed by atoms with van der Waals surface area (Å²) in [6.45, 7) is 3.99. The number of nitrogen functional groups attached to an aromatic ring is 1. The minimum atomic E-state index is 0.593. The van der Waals surface area contributed by atoms with Crippen LogP contribution in [-0.2, 0) is 0 Å². The normalized spacial score (nSPS) is 10.8. The predicted octanol–water partition coefficient (Wildman–Crippen LogP) is 3.18. The molecule has 106 valence electrons. The first-order valence-corrected chi connectivity index (χ1v) is 6.85. The van der Waals surface area contributed by atoms with Gasteiger partial charge in [0, 0.05) is 11.3 Å². The second-order valence-corrected chi connectivity index (χ2v) is 5.35. The summed E-state index contributed by atoms with van der Waals surface area (Å²) < 4.78 is 1.64. The quantitative estimate of drug-likeness (QED) is 0.738. The Morgan fingerprint density at radius 1 is 1.10 bits per heavy atom. The Kier molecular flexibility index (Phi) is 3.35. The van der Waals surface area contributed by atoms with Crippen LogP contribution in [0.4, 0.5) is 5.69 Å². The largest absolute Gasteiger partial charge is 0.399 e. The number of anilines is 1. The van der Waals surface area contributed by atoms with Gasteiger partial charge in [0.25, 0.3) is 0 Å². The molecular weight excluding hydrogens is 286 g/mol. The van der Waals surface area contributed by atoms with E-state index in [2.05, 4.69) is 15.5 Å². The van der Waals surface area contributed by atoms with E-state index in [-0.39, 0.29) is 0 Å². The van der Waals surface area contributed by atoms with Crippen LogP contribution in [0.25, 0.3) is 17.1 Å². The molecule has 1 heterocycles. The zero-order valence-electron chi connectivity index (χ0n) is 11.7. The summed E-state index contributed by atoms with van der Waals surface area (Å²) in [5.41, 5.74) is 10.3. The minimum Gasteiger partial charge on any atom is -0.399 e. The topological polar surface area (TPSA) is 69.6 Å². The molecule has 0 spiro atoms. The van der Waals surface area contributed by atoms with E-state index in [1.807, 2.05) is 50.2 Å². The third-order valence-electron chi connectivity index (χ3n) is 3.30. The van der Waals surface area contributed by atoms with Gasteiger partial charge in [0.1, 0.15) is 0 Å². The Hall–Kier alpha value is -2.40. The highest BCUT2D eigenvalue weighted by atomic mass is 35.5. The number of hydrogen-bond donors (Lipinski definition) is 1. The Morgan fingerprint density at radius 2 is 1.90 bits per heavy atom. The van der Waals surface area contributed by atoms with E-state index in [0.717, 1.165) is 22.4 Å². The number of aryl methyl sites for hydroxylation is 2. The summed E-state index contributed by atoms with van der Waals surface area (Å²) in [5.74, 6) is 0.618. The monoisotopic (exact) mass is 299 g/mol. The van der Waals surface area contributed by atoms with E-state index in [9.17, 15) is 0 Å². The van der Waals surface area contributed by atoms with Crippen LogP contribution < -0.4 is 5.73 Å². The lowest BCUT2D eigenvalue weighted by atomic mass is 10.1. The molecule has 0 unspecified atom stereocenters. The van der Waals surface area contributed by atoms with Crippen LogP contribution in [0, 0.1) is 13.8 Å². The van der Waals surface area contributed by atoms with Gasteiger partial charge in [-0.05, 0) is 59.7 Å². The molecule has 0 amide bonds. The van der Waals surface area contributed by atoms with Gasteiger partial charge in [-0.3, -0.25) is 0 Å². The van der Waals surface area contributed by atoms with Crippen LogP contribution in [0.3, 0.4) is 0 Å². The van der Waals surface area contributed by atoms with E-state index in [1.54, 1.807) is 4.68 Å². The van der Waals surface area contributed by atoms with E-state index < -0.39 is 0 Å². The summed E-state index contributed by atoms with van der Waals surface area (Å²) in [5, 5.41) is 12.6.